The van der Waals surface area contributed by atoms with E-state index in [0.717, 1.165) is 6.42 Å². The zero-order chi connectivity index (χ0) is 22.4. The van der Waals surface area contributed by atoms with Crippen molar-refractivity contribution in [2.24, 2.45) is 17.6 Å². The number of nitrogens with one attached hydrogen (secondary N) is 3. The van der Waals surface area contributed by atoms with Gasteiger partial charge in [-0.1, -0.05) is 65.0 Å². The molecule has 5 N–H and O–H groups in total. The van der Waals surface area contributed by atoms with Crippen molar-refractivity contribution in [2.45, 2.75) is 59.5 Å². The van der Waals surface area contributed by atoms with E-state index in [9.17, 15) is 14.4 Å². The molecule has 0 bridgehead atoms. The lowest BCUT2D eigenvalue weighted by atomic mass is 9.97. The summed E-state index contributed by atoms with van der Waals surface area (Å²) in [6.45, 7) is 13.5. The van der Waals surface area contributed by atoms with E-state index in [1.54, 1.807) is 25.2 Å². The Bertz CT molecular complexity index is 611. The van der Waals surface area contributed by atoms with E-state index in [4.69, 9.17) is 5.73 Å². The van der Waals surface area contributed by atoms with Gasteiger partial charge in [0, 0.05) is 18.2 Å². The maximum absolute atomic E-state index is 12.7. The standard InChI is InChI=1S/C22H38N4O3/c1-7-10-17(11-8-2)21(28)26-20(16(6)9-3)22(29)24-14-19(27)25-18(13-23)12-15(4)5/h7-8,10-11,15-16,18,20H,1,9,12-14,23H2,2-6H3,(H,24,29)(H,25,27)(H,26,28)/b11-8-,17-10+. The number of hydrogen-bond acceptors (Lipinski definition) is 4. The molecule has 7 nitrogen and oxygen atoms in total. The predicted molar refractivity (Wildman–Crippen MR) is 118 cm³/mol. The van der Waals surface area contributed by atoms with Gasteiger partial charge in [-0.05, 0) is 25.2 Å². The summed E-state index contributed by atoms with van der Waals surface area (Å²) in [6, 6.07) is -0.878. The van der Waals surface area contributed by atoms with E-state index in [1.807, 2.05) is 13.8 Å². The van der Waals surface area contributed by atoms with Crippen molar-refractivity contribution >= 4 is 17.7 Å². The minimum absolute atomic E-state index is 0.102. The van der Waals surface area contributed by atoms with Crippen LogP contribution in [0.25, 0.3) is 0 Å². The predicted octanol–water partition coefficient (Wildman–Crippen LogP) is 1.81. The minimum Gasteiger partial charge on any atom is -0.351 e. The Morgan fingerprint density at radius 2 is 1.79 bits per heavy atom. The Labute approximate surface area is 175 Å². The van der Waals surface area contributed by atoms with Gasteiger partial charge in [0.05, 0.1) is 6.54 Å². The molecule has 7 heteroatoms. The lowest BCUT2D eigenvalue weighted by Gasteiger charge is -2.24. The molecular weight excluding hydrogens is 368 g/mol. The van der Waals surface area contributed by atoms with Gasteiger partial charge < -0.3 is 21.7 Å². The number of hydrogen-bond donors (Lipinski definition) is 4. The van der Waals surface area contributed by atoms with Crippen molar-refractivity contribution in [3.63, 3.8) is 0 Å². The van der Waals surface area contributed by atoms with Gasteiger partial charge >= 0.3 is 0 Å². The van der Waals surface area contributed by atoms with E-state index in [0.29, 0.717) is 24.5 Å². The first kappa shape index (κ1) is 26.6. The van der Waals surface area contributed by atoms with Gasteiger partial charge in [-0.3, -0.25) is 14.4 Å². The molecule has 3 amide bonds. The second-order valence-corrected chi connectivity index (χ2v) is 7.54. The lowest BCUT2D eigenvalue weighted by molar-refractivity contribution is -0.130. The van der Waals surface area contributed by atoms with Crippen LogP contribution in [0.15, 0.2) is 36.5 Å². The SMILES string of the molecule is C=C/C=C(\C=C/C)C(=O)NC(C(=O)NCC(=O)NC(CN)CC(C)C)C(C)CC. The van der Waals surface area contributed by atoms with Gasteiger partial charge in [-0.25, -0.2) is 0 Å². The zero-order valence-corrected chi connectivity index (χ0v) is 18.5. The molecule has 0 aliphatic rings. The Balaban J connectivity index is 5.01. The Hall–Kier alpha value is -2.41. The van der Waals surface area contributed by atoms with Crippen molar-refractivity contribution < 1.29 is 14.4 Å². The van der Waals surface area contributed by atoms with Crippen LogP contribution in [-0.4, -0.2) is 42.9 Å². The highest BCUT2D eigenvalue weighted by molar-refractivity contribution is 5.99. The molecule has 3 atom stereocenters. The van der Waals surface area contributed by atoms with Crippen molar-refractivity contribution in [1.29, 1.82) is 0 Å². The number of amides is 3. The summed E-state index contributed by atoms with van der Waals surface area (Å²) in [4.78, 5) is 37.4. The smallest absolute Gasteiger partial charge is 0.251 e. The summed E-state index contributed by atoms with van der Waals surface area (Å²) in [7, 11) is 0. The lowest BCUT2D eigenvalue weighted by Crippen LogP contribution is -2.53. The van der Waals surface area contributed by atoms with Gasteiger partial charge in [0.1, 0.15) is 6.04 Å². The molecule has 0 heterocycles. The molecule has 0 aliphatic heterocycles. The third-order valence-electron chi connectivity index (χ3n) is 4.52. The van der Waals surface area contributed by atoms with Crippen molar-refractivity contribution in [3.05, 3.63) is 36.5 Å². The molecule has 0 fully saturated rings. The largest absolute Gasteiger partial charge is 0.351 e. The summed E-state index contributed by atoms with van der Waals surface area (Å²) < 4.78 is 0. The molecule has 164 valence electrons. The average Bonchev–Trinajstić information content (AvgIpc) is 2.68. The third-order valence-corrected chi connectivity index (χ3v) is 4.52. The quantitative estimate of drug-likeness (QED) is 0.276. The molecular formula is C22H38N4O3. The van der Waals surface area contributed by atoms with Crippen LogP contribution in [0.5, 0.6) is 0 Å². The second-order valence-electron chi connectivity index (χ2n) is 7.54. The molecule has 0 rings (SSSR count). The number of allylic oxidation sites excluding steroid dienone is 3. The normalized spacial score (nSPS) is 14.9. The fraction of sp³-hybridized carbons (Fsp3) is 0.591. The van der Waals surface area contributed by atoms with Crippen LogP contribution in [0, 0.1) is 11.8 Å². The van der Waals surface area contributed by atoms with Gasteiger partial charge in [0.25, 0.3) is 5.91 Å². The van der Waals surface area contributed by atoms with Crippen LogP contribution in [0.2, 0.25) is 0 Å². The van der Waals surface area contributed by atoms with E-state index < -0.39 is 11.9 Å². The Morgan fingerprint density at radius 1 is 1.14 bits per heavy atom. The maximum atomic E-state index is 12.7. The molecule has 3 unspecified atom stereocenters. The Morgan fingerprint density at radius 3 is 2.28 bits per heavy atom. The monoisotopic (exact) mass is 406 g/mol. The summed E-state index contributed by atoms with van der Waals surface area (Å²) in [5.74, 6) is -0.763. The molecule has 0 spiro atoms. The number of rotatable bonds is 13. The number of carbonyl (C=O) groups excluding carboxylic acids is 3. The minimum atomic E-state index is -0.750. The molecule has 0 aromatic heterocycles. The first-order valence-corrected chi connectivity index (χ1v) is 10.2. The maximum Gasteiger partial charge on any atom is 0.251 e. The average molecular weight is 407 g/mol. The van der Waals surface area contributed by atoms with Crippen LogP contribution in [-0.2, 0) is 14.4 Å². The van der Waals surface area contributed by atoms with Crippen LogP contribution >= 0.6 is 0 Å². The fourth-order valence-electron chi connectivity index (χ4n) is 2.78. The first-order valence-electron chi connectivity index (χ1n) is 10.2. The van der Waals surface area contributed by atoms with Crippen LogP contribution in [0.3, 0.4) is 0 Å². The highest BCUT2D eigenvalue weighted by atomic mass is 16.2. The topological polar surface area (TPSA) is 113 Å². The number of nitrogens with two attached hydrogens (primary N) is 1. The van der Waals surface area contributed by atoms with Crippen molar-refractivity contribution in [1.82, 2.24) is 16.0 Å². The fourth-order valence-corrected chi connectivity index (χ4v) is 2.78. The summed E-state index contributed by atoms with van der Waals surface area (Å²) in [5, 5.41) is 8.23. The summed E-state index contributed by atoms with van der Waals surface area (Å²) in [5.41, 5.74) is 6.10. The highest BCUT2D eigenvalue weighted by Gasteiger charge is 2.27. The molecule has 0 aromatic rings. The van der Waals surface area contributed by atoms with Gasteiger partial charge in [0.15, 0.2) is 0 Å². The summed E-state index contributed by atoms with van der Waals surface area (Å²) >= 11 is 0. The summed E-state index contributed by atoms with van der Waals surface area (Å²) in [6.07, 6.45) is 7.95. The second kappa shape index (κ2) is 14.6. The van der Waals surface area contributed by atoms with Gasteiger partial charge in [-0.15, -0.1) is 0 Å². The first-order chi connectivity index (χ1) is 13.7. The van der Waals surface area contributed by atoms with Crippen molar-refractivity contribution in [3.8, 4) is 0 Å². The van der Waals surface area contributed by atoms with E-state index >= 15 is 0 Å². The van der Waals surface area contributed by atoms with E-state index in [1.165, 1.54) is 6.08 Å². The van der Waals surface area contributed by atoms with Crippen LogP contribution in [0.1, 0.15) is 47.5 Å². The highest BCUT2D eigenvalue weighted by Crippen LogP contribution is 2.10. The van der Waals surface area contributed by atoms with Crippen LogP contribution < -0.4 is 21.7 Å². The van der Waals surface area contributed by atoms with E-state index in [2.05, 4.69) is 36.4 Å². The Kier molecular flexibility index (Phi) is 13.4. The zero-order valence-electron chi connectivity index (χ0n) is 18.5. The molecule has 0 saturated heterocycles. The van der Waals surface area contributed by atoms with Gasteiger partial charge in [0.2, 0.25) is 11.8 Å². The number of carbonyl (C=O) groups is 3. The molecule has 0 aromatic carbocycles. The molecule has 29 heavy (non-hydrogen) atoms. The van der Waals surface area contributed by atoms with Crippen molar-refractivity contribution in [2.75, 3.05) is 13.1 Å². The molecule has 0 aliphatic carbocycles. The molecule has 0 radical (unpaired) electrons. The molecule has 0 saturated carbocycles. The van der Waals surface area contributed by atoms with Gasteiger partial charge in [-0.2, -0.15) is 0 Å². The third kappa shape index (κ3) is 10.6. The van der Waals surface area contributed by atoms with Crippen LogP contribution in [0.4, 0.5) is 0 Å². The van der Waals surface area contributed by atoms with E-state index in [-0.39, 0.29) is 30.3 Å².